The van der Waals surface area contributed by atoms with Crippen molar-refractivity contribution in [2.75, 3.05) is 38.1 Å². The second-order valence-electron chi connectivity index (χ2n) is 4.93. The number of aromatic nitrogens is 2. The van der Waals surface area contributed by atoms with Gasteiger partial charge in [0.15, 0.2) is 0 Å². The van der Waals surface area contributed by atoms with Crippen molar-refractivity contribution in [3.8, 4) is 0 Å². The smallest absolute Gasteiger partial charge is 0.141 e. The van der Waals surface area contributed by atoms with Crippen LogP contribution >= 0.6 is 11.3 Å². The van der Waals surface area contributed by atoms with E-state index in [1.165, 1.54) is 23.4 Å². The zero-order valence-corrected chi connectivity index (χ0v) is 12.9. The molecule has 19 heavy (non-hydrogen) atoms. The van der Waals surface area contributed by atoms with Gasteiger partial charge in [-0.05, 0) is 12.5 Å². The molecule has 0 radical (unpaired) electrons. The van der Waals surface area contributed by atoms with Crippen molar-refractivity contribution in [1.82, 2.24) is 9.97 Å². The summed E-state index contributed by atoms with van der Waals surface area (Å²) >= 11 is 1.79. The second kappa shape index (κ2) is 6.03. The van der Waals surface area contributed by atoms with Crippen molar-refractivity contribution in [3.05, 3.63) is 17.3 Å². The van der Waals surface area contributed by atoms with Crippen LogP contribution in [0.1, 0.15) is 11.8 Å². The Morgan fingerprint density at radius 3 is 2.74 bits per heavy atom. The molecule has 0 aromatic carbocycles. The van der Waals surface area contributed by atoms with E-state index in [0.29, 0.717) is 0 Å². The number of hydrogen-bond donors (Lipinski definition) is 1. The molecule has 0 bridgehead atoms. The number of thiophene rings is 1. The van der Waals surface area contributed by atoms with Crippen LogP contribution in [0.25, 0.3) is 10.2 Å². The minimum Gasteiger partial charge on any atom is -1.00 e. The number of rotatable bonds is 2. The average molecular weight is 299 g/mol. The lowest BCUT2D eigenvalue weighted by atomic mass is 10.2. The van der Waals surface area contributed by atoms with Gasteiger partial charge in [0.05, 0.1) is 38.6 Å². The fraction of sp³-hybridized carbons (Fsp3) is 0.538. The Balaban J connectivity index is 0.00000133. The third-order valence-electron chi connectivity index (χ3n) is 3.62. The monoisotopic (exact) mass is 298 g/mol. The van der Waals surface area contributed by atoms with Gasteiger partial charge in [-0.15, -0.1) is 11.3 Å². The second-order valence-corrected chi connectivity index (χ2v) is 6.04. The van der Waals surface area contributed by atoms with E-state index in [0.717, 1.165) is 30.2 Å². The largest absolute Gasteiger partial charge is 1.00 e. The van der Waals surface area contributed by atoms with Gasteiger partial charge >= 0.3 is 0 Å². The number of halogens is 1. The number of anilines is 1. The summed E-state index contributed by atoms with van der Waals surface area (Å²) in [5.74, 6) is 1.13. The number of aryl methyl sites for hydroxylation is 1. The normalized spacial score (nSPS) is 16.6. The molecule has 2 aromatic heterocycles. The van der Waals surface area contributed by atoms with Crippen LogP contribution in [0, 0.1) is 0 Å². The Kier molecular flexibility index (Phi) is 4.60. The van der Waals surface area contributed by atoms with Crippen molar-refractivity contribution in [2.45, 2.75) is 13.3 Å². The molecular weight excluding hydrogens is 280 g/mol. The Hall–Kier alpha value is -0.910. The first-order valence-corrected chi connectivity index (χ1v) is 7.39. The van der Waals surface area contributed by atoms with E-state index >= 15 is 0 Å². The number of nitrogens with zero attached hydrogens (tertiary/aromatic N) is 3. The maximum atomic E-state index is 4.52. The summed E-state index contributed by atoms with van der Waals surface area (Å²) in [4.78, 5) is 15.4. The van der Waals surface area contributed by atoms with Crippen LogP contribution < -0.4 is 22.2 Å². The van der Waals surface area contributed by atoms with Crippen molar-refractivity contribution in [1.29, 1.82) is 0 Å². The van der Waals surface area contributed by atoms with Gasteiger partial charge in [-0.1, -0.05) is 6.92 Å². The number of likely N-dealkylation sites (N-methyl/N-ethyl adjacent to an activating group) is 1. The number of nitrogens with one attached hydrogen (secondary N) is 1. The van der Waals surface area contributed by atoms with E-state index in [1.54, 1.807) is 22.6 Å². The predicted octanol–water partition coefficient (Wildman–Crippen LogP) is -2.41. The van der Waals surface area contributed by atoms with Crippen molar-refractivity contribution in [2.24, 2.45) is 0 Å². The molecule has 1 aliphatic heterocycles. The van der Waals surface area contributed by atoms with Gasteiger partial charge in [-0.2, -0.15) is 0 Å². The Morgan fingerprint density at radius 1 is 1.32 bits per heavy atom. The van der Waals surface area contributed by atoms with E-state index < -0.39 is 0 Å². The maximum absolute atomic E-state index is 4.52. The summed E-state index contributed by atoms with van der Waals surface area (Å²) in [7, 11) is 2.26. The first-order valence-electron chi connectivity index (χ1n) is 6.57. The lowest BCUT2D eigenvalue weighted by Gasteiger charge is -2.31. The molecule has 3 heterocycles. The molecular formula is C13H19ClN4S. The summed E-state index contributed by atoms with van der Waals surface area (Å²) in [5.41, 5.74) is 0. The van der Waals surface area contributed by atoms with Gasteiger partial charge in [0.25, 0.3) is 0 Å². The van der Waals surface area contributed by atoms with Crippen LogP contribution in [0.2, 0.25) is 0 Å². The Labute approximate surface area is 123 Å². The fourth-order valence-electron chi connectivity index (χ4n) is 2.42. The number of fused-ring (bicyclic) bond motifs is 1. The van der Waals surface area contributed by atoms with Crippen molar-refractivity contribution in [3.63, 3.8) is 0 Å². The van der Waals surface area contributed by atoms with Gasteiger partial charge in [0.2, 0.25) is 0 Å². The molecule has 104 valence electrons. The zero-order chi connectivity index (χ0) is 12.5. The molecule has 0 amide bonds. The van der Waals surface area contributed by atoms with Crippen LogP contribution in [0.3, 0.4) is 0 Å². The first kappa shape index (κ1) is 14.5. The lowest BCUT2D eigenvalue weighted by Crippen LogP contribution is -3.12. The molecule has 1 saturated heterocycles. The summed E-state index contributed by atoms with van der Waals surface area (Å²) in [6.07, 6.45) is 2.78. The molecule has 2 aromatic rings. The highest BCUT2D eigenvalue weighted by Crippen LogP contribution is 2.30. The van der Waals surface area contributed by atoms with Crippen LogP contribution in [-0.4, -0.2) is 43.2 Å². The van der Waals surface area contributed by atoms with E-state index in [-0.39, 0.29) is 12.4 Å². The molecule has 0 aliphatic carbocycles. The SMILES string of the molecule is CCc1cc2c(N3CC[NH+](C)CC3)ncnc2s1.[Cl-]. The highest BCUT2D eigenvalue weighted by Gasteiger charge is 2.20. The van der Waals surface area contributed by atoms with E-state index in [4.69, 9.17) is 0 Å². The van der Waals surface area contributed by atoms with E-state index in [1.807, 2.05) is 0 Å². The Morgan fingerprint density at radius 2 is 2.05 bits per heavy atom. The van der Waals surface area contributed by atoms with Crippen molar-refractivity contribution < 1.29 is 17.3 Å². The first-order chi connectivity index (χ1) is 8.78. The molecule has 0 unspecified atom stereocenters. The number of hydrogen-bond acceptors (Lipinski definition) is 4. The van der Waals surface area contributed by atoms with Crippen LogP contribution in [-0.2, 0) is 6.42 Å². The molecule has 0 saturated carbocycles. The van der Waals surface area contributed by atoms with Gasteiger partial charge in [-0.25, -0.2) is 9.97 Å². The molecule has 6 heteroatoms. The molecule has 1 N–H and O–H groups in total. The molecule has 1 fully saturated rings. The molecule has 1 aliphatic rings. The molecule has 4 nitrogen and oxygen atoms in total. The standard InChI is InChI=1S/C13H18N4S.ClH/c1-3-10-8-11-12(14-9-15-13(11)18-10)17-6-4-16(2)5-7-17;/h8-9H,3-7H2,1-2H3;1H. The minimum atomic E-state index is 0. The van der Waals surface area contributed by atoms with E-state index in [9.17, 15) is 0 Å². The lowest BCUT2D eigenvalue weighted by molar-refractivity contribution is -0.880. The molecule has 0 atom stereocenters. The predicted molar refractivity (Wildman–Crippen MR) is 75.6 cm³/mol. The quantitative estimate of drug-likeness (QED) is 0.671. The summed E-state index contributed by atoms with van der Waals surface area (Å²) in [5, 5.41) is 1.24. The summed E-state index contributed by atoms with van der Waals surface area (Å²) in [6.45, 7) is 6.76. The van der Waals surface area contributed by atoms with Crippen LogP contribution in [0.15, 0.2) is 12.4 Å². The third-order valence-corrected chi connectivity index (χ3v) is 4.81. The van der Waals surface area contributed by atoms with Gasteiger partial charge < -0.3 is 22.2 Å². The third kappa shape index (κ3) is 2.83. The van der Waals surface area contributed by atoms with Crippen LogP contribution in [0.4, 0.5) is 5.82 Å². The highest BCUT2D eigenvalue weighted by molar-refractivity contribution is 7.18. The average Bonchev–Trinajstić information content (AvgIpc) is 2.82. The fourth-order valence-corrected chi connectivity index (χ4v) is 3.35. The molecule has 0 spiro atoms. The van der Waals surface area contributed by atoms with Gasteiger partial charge in [0.1, 0.15) is 17.0 Å². The van der Waals surface area contributed by atoms with E-state index in [2.05, 4.69) is 34.9 Å². The Bertz CT molecular complexity index is 549. The summed E-state index contributed by atoms with van der Waals surface area (Å²) < 4.78 is 0. The molecule has 3 rings (SSSR count). The zero-order valence-electron chi connectivity index (χ0n) is 11.3. The number of quaternary nitrogens is 1. The topological polar surface area (TPSA) is 33.5 Å². The van der Waals surface area contributed by atoms with Crippen molar-refractivity contribution >= 4 is 27.4 Å². The minimum absolute atomic E-state index is 0. The summed E-state index contributed by atoms with van der Waals surface area (Å²) in [6, 6.07) is 2.26. The van der Waals surface area contributed by atoms with Crippen LogP contribution in [0.5, 0.6) is 0 Å². The maximum Gasteiger partial charge on any atom is 0.141 e. The van der Waals surface area contributed by atoms with Gasteiger partial charge in [0, 0.05) is 4.88 Å². The highest BCUT2D eigenvalue weighted by atomic mass is 35.5. The van der Waals surface area contributed by atoms with Gasteiger partial charge in [-0.3, -0.25) is 0 Å². The number of piperazine rings is 1.